The van der Waals surface area contributed by atoms with Crippen LogP contribution >= 0.6 is 0 Å². The molecular weight excluding hydrogens is 188 g/mol. The van der Waals surface area contributed by atoms with E-state index in [1.165, 1.54) is 32.1 Å². The van der Waals surface area contributed by atoms with Crippen molar-refractivity contribution in [1.82, 2.24) is 9.55 Å². The Bertz CT molecular complexity index is 337. The van der Waals surface area contributed by atoms with Crippen molar-refractivity contribution in [3.63, 3.8) is 0 Å². The molecule has 0 spiro atoms. The highest BCUT2D eigenvalue weighted by Crippen LogP contribution is 2.27. The SMILES string of the molecule is Cn1ccnc1C(=O)CC1CCCCC1. The Labute approximate surface area is 90.5 Å². The fourth-order valence-corrected chi connectivity index (χ4v) is 2.38. The molecule has 82 valence electrons. The lowest BCUT2D eigenvalue weighted by Crippen LogP contribution is -2.15. The second kappa shape index (κ2) is 4.60. The summed E-state index contributed by atoms with van der Waals surface area (Å²) in [5, 5.41) is 0. The van der Waals surface area contributed by atoms with Crippen LogP contribution in [0, 0.1) is 5.92 Å². The van der Waals surface area contributed by atoms with Gasteiger partial charge in [0, 0.05) is 25.9 Å². The summed E-state index contributed by atoms with van der Waals surface area (Å²) in [6.07, 6.45) is 10.6. The number of carbonyl (C=O) groups is 1. The van der Waals surface area contributed by atoms with Gasteiger partial charge in [-0.2, -0.15) is 0 Å². The zero-order valence-corrected chi connectivity index (χ0v) is 9.28. The number of hydrogen-bond acceptors (Lipinski definition) is 2. The lowest BCUT2D eigenvalue weighted by Gasteiger charge is -2.20. The van der Waals surface area contributed by atoms with E-state index in [2.05, 4.69) is 4.98 Å². The van der Waals surface area contributed by atoms with Gasteiger partial charge in [-0.05, 0) is 5.92 Å². The molecule has 0 bridgehead atoms. The van der Waals surface area contributed by atoms with E-state index in [1.54, 1.807) is 6.20 Å². The summed E-state index contributed by atoms with van der Waals surface area (Å²) in [5.41, 5.74) is 0. The van der Waals surface area contributed by atoms with E-state index < -0.39 is 0 Å². The van der Waals surface area contributed by atoms with Gasteiger partial charge in [0.15, 0.2) is 11.6 Å². The molecule has 1 heterocycles. The molecule has 1 saturated carbocycles. The third-order valence-electron chi connectivity index (χ3n) is 3.27. The Kier molecular flexibility index (Phi) is 3.19. The Morgan fingerprint density at radius 3 is 2.80 bits per heavy atom. The molecule has 3 nitrogen and oxygen atoms in total. The maximum absolute atomic E-state index is 11.9. The minimum Gasteiger partial charge on any atom is -0.332 e. The first-order chi connectivity index (χ1) is 7.27. The van der Waals surface area contributed by atoms with Gasteiger partial charge in [0.2, 0.25) is 0 Å². The van der Waals surface area contributed by atoms with E-state index in [9.17, 15) is 4.79 Å². The number of carbonyl (C=O) groups excluding carboxylic acids is 1. The zero-order valence-electron chi connectivity index (χ0n) is 9.28. The molecule has 3 heteroatoms. The molecule has 0 saturated heterocycles. The fraction of sp³-hybridized carbons (Fsp3) is 0.667. The maximum Gasteiger partial charge on any atom is 0.198 e. The molecule has 1 aliphatic carbocycles. The number of ketones is 1. The van der Waals surface area contributed by atoms with Crippen molar-refractivity contribution < 1.29 is 4.79 Å². The van der Waals surface area contributed by atoms with Gasteiger partial charge in [0.1, 0.15) is 0 Å². The van der Waals surface area contributed by atoms with Crippen LogP contribution in [0.3, 0.4) is 0 Å². The van der Waals surface area contributed by atoms with Gasteiger partial charge in [0.05, 0.1) is 0 Å². The standard InChI is InChI=1S/C12H18N2O/c1-14-8-7-13-12(14)11(15)9-10-5-3-2-4-6-10/h7-8,10H,2-6,9H2,1H3. The Morgan fingerprint density at radius 1 is 1.47 bits per heavy atom. The number of Topliss-reactive ketones (excluding diaryl/α,β-unsaturated/α-hetero) is 1. The predicted octanol–water partition coefficient (Wildman–Crippen LogP) is 2.57. The summed E-state index contributed by atoms with van der Waals surface area (Å²) < 4.78 is 1.81. The van der Waals surface area contributed by atoms with E-state index in [0.717, 1.165) is 0 Å². The van der Waals surface area contributed by atoms with Crippen LogP contribution in [0.25, 0.3) is 0 Å². The highest BCUT2D eigenvalue weighted by molar-refractivity contribution is 5.92. The molecular formula is C12H18N2O. The second-order valence-corrected chi connectivity index (χ2v) is 4.49. The largest absolute Gasteiger partial charge is 0.332 e. The van der Waals surface area contributed by atoms with Crippen LogP contribution in [0.4, 0.5) is 0 Å². The molecule has 0 amide bonds. The maximum atomic E-state index is 11.9. The highest BCUT2D eigenvalue weighted by atomic mass is 16.1. The second-order valence-electron chi connectivity index (χ2n) is 4.49. The summed E-state index contributed by atoms with van der Waals surface area (Å²) in [6, 6.07) is 0. The van der Waals surface area contributed by atoms with Crippen LogP contribution in [-0.4, -0.2) is 15.3 Å². The Hall–Kier alpha value is -1.12. The smallest absolute Gasteiger partial charge is 0.198 e. The molecule has 1 aromatic heterocycles. The van der Waals surface area contributed by atoms with Crippen LogP contribution in [0.2, 0.25) is 0 Å². The monoisotopic (exact) mass is 206 g/mol. The van der Waals surface area contributed by atoms with E-state index in [-0.39, 0.29) is 5.78 Å². The van der Waals surface area contributed by atoms with Gasteiger partial charge in [0.25, 0.3) is 0 Å². The van der Waals surface area contributed by atoms with Crippen molar-refractivity contribution >= 4 is 5.78 Å². The molecule has 1 aromatic rings. The quantitative estimate of drug-likeness (QED) is 0.712. The minimum absolute atomic E-state index is 0.203. The van der Waals surface area contributed by atoms with Crippen LogP contribution in [0.5, 0.6) is 0 Å². The topological polar surface area (TPSA) is 34.9 Å². The van der Waals surface area contributed by atoms with Crippen LogP contribution in [-0.2, 0) is 7.05 Å². The normalized spacial score (nSPS) is 17.9. The average molecular weight is 206 g/mol. The van der Waals surface area contributed by atoms with Crippen molar-refractivity contribution in [3.8, 4) is 0 Å². The van der Waals surface area contributed by atoms with E-state index >= 15 is 0 Å². The molecule has 0 unspecified atom stereocenters. The molecule has 15 heavy (non-hydrogen) atoms. The number of hydrogen-bond donors (Lipinski definition) is 0. The van der Waals surface area contributed by atoms with Crippen molar-refractivity contribution in [1.29, 1.82) is 0 Å². The predicted molar refractivity (Wildman–Crippen MR) is 58.7 cm³/mol. The number of aromatic nitrogens is 2. The van der Waals surface area contributed by atoms with Crippen molar-refractivity contribution in [2.24, 2.45) is 13.0 Å². The molecule has 2 rings (SSSR count). The molecule has 1 aliphatic rings. The fourth-order valence-electron chi connectivity index (χ4n) is 2.38. The zero-order chi connectivity index (χ0) is 10.7. The van der Waals surface area contributed by atoms with Crippen molar-refractivity contribution in [2.45, 2.75) is 38.5 Å². The third kappa shape index (κ3) is 2.46. The summed E-state index contributed by atoms with van der Waals surface area (Å²) in [5.74, 6) is 1.41. The molecule has 0 aromatic carbocycles. The van der Waals surface area contributed by atoms with Crippen LogP contribution in [0.15, 0.2) is 12.4 Å². The van der Waals surface area contributed by atoms with Gasteiger partial charge in [-0.15, -0.1) is 0 Å². The minimum atomic E-state index is 0.203. The molecule has 0 N–H and O–H groups in total. The first kappa shape index (κ1) is 10.4. The first-order valence-electron chi connectivity index (χ1n) is 5.78. The summed E-state index contributed by atoms with van der Waals surface area (Å²) in [7, 11) is 1.88. The van der Waals surface area contributed by atoms with E-state index in [4.69, 9.17) is 0 Å². The molecule has 0 aliphatic heterocycles. The Balaban J connectivity index is 1.94. The number of nitrogens with zero attached hydrogens (tertiary/aromatic N) is 2. The van der Waals surface area contributed by atoms with Gasteiger partial charge < -0.3 is 4.57 Å². The number of aryl methyl sites for hydroxylation is 1. The molecule has 0 atom stereocenters. The van der Waals surface area contributed by atoms with Crippen LogP contribution < -0.4 is 0 Å². The lowest BCUT2D eigenvalue weighted by atomic mass is 9.86. The van der Waals surface area contributed by atoms with Crippen molar-refractivity contribution in [2.75, 3.05) is 0 Å². The lowest BCUT2D eigenvalue weighted by molar-refractivity contribution is 0.0937. The highest BCUT2D eigenvalue weighted by Gasteiger charge is 2.19. The first-order valence-corrected chi connectivity index (χ1v) is 5.78. The van der Waals surface area contributed by atoms with Gasteiger partial charge in [-0.1, -0.05) is 32.1 Å². The molecule has 0 radical (unpaired) electrons. The van der Waals surface area contributed by atoms with Gasteiger partial charge in [-0.25, -0.2) is 4.98 Å². The van der Waals surface area contributed by atoms with Crippen molar-refractivity contribution in [3.05, 3.63) is 18.2 Å². The van der Waals surface area contributed by atoms with Gasteiger partial charge in [-0.3, -0.25) is 4.79 Å². The van der Waals surface area contributed by atoms with Gasteiger partial charge >= 0.3 is 0 Å². The Morgan fingerprint density at radius 2 is 2.20 bits per heavy atom. The third-order valence-corrected chi connectivity index (χ3v) is 3.27. The number of imidazole rings is 1. The summed E-state index contributed by atoms with van der Waals surface area (Å²) in [4.78, 5) is 16.0. The average Bonchev–Trinajstić information content (AvgIpc) is 2.66. The van der Waals surface area contributed by atoms with E-state index in [1.807, 2.05) is 17.8 Å². The summed E-state index contributed by atoms with van der Waals surface area (Å²) in [6.45, 7) is 0. The summed E-state index contributed by atoms with van der Waals surface area (Å²) >= 11 is 0. The van der Waals surface area contributed by atoms with E-state index in [0.29, 0.717) is 18.2 Å². The van der Waals surface area contributed by atoms with Crippen LogP contribution in [0.1, 0.15) is 49.1 Å². The number of rotatable bonds is 3. The molecule has 1 fully saturated rings.